The van der Waals surface area contributed by atoms with Crippen LogP contribution in [0.3, 0.4) is 0 Å². The van der Waals surface area contributed by atoms with Crippen molar-refractivity contribution >= 4 is 16.8 Å². The Morgan fingerprint density at radius 1 is 1.07 bits per heavy atom. The number of unbranched alkanes of at least 4 members (excludes halogenated alkanes) is 1. The lowest BCUT2D eigenvalue weighted by Crippen LogP contribution is -2.20. The molecule has 0 spiro atoms. The first-order valence-corrected chi connectivity index (χ1v) is 9.57. The zero-order chi connectivity index (χ0) is 20.8. The van der Waals surface area contributed by atoms with Gasteiger partial charge in [0.2, 0.25) is 0 Å². The Balaban J connectivity index is 2.30. The molecule has 2 aromatic heterocycles. The van der Waals surface area contributed by atoms with Gasteiger partial charge in [0.1, 0.15) is 11.5 Å². The number of aromatic nitrogens is 2. The summed E-state index contributed by atoms with van der Waals surface area (Å²) in [6.45, 7) is 2.76. The normalized spacial score (nSPS) is 11.2. The first kappa shape index (κ1) is 20.5. The second-order valence-electron chi connectivity index (χ2n) is 6.65. The Labute approximate surface area is 170 Å². The summed E-state index contributed by atoms with van der Waals surface area (Å²) in [6.07, 6.45) is 10.6. The maximum atomic E-state index is 12.9. The van der Waals surface area contributed by atoms with Gasteiger partial charge in [-0.1, -0.05) is 13.3 Å². The highest BCUT2D eigenvalue weighted by molar-refractivity contribution is 5.97. The average molecular weight is 394 g/mol. The van der Waals surface area contributed by atoms with Crippen molar-refractivity contribution < 1.29 is 14.2 Å². The highest BCUT2D eigenvalue weighted by atomic mass is 16.5. The van der Waals surface area contributed by atoms with E-state index in [2.05, 4.69) is 11.9 Å². The van der Waals surface area contributed by atoms with Crippen LogP contribution in [0.15, 0.2) is 47.8 Å². The fourth-order valence-electron chi connectivity index (χ4n) is 3.35. The van der Waals surface area contributed by atoms with Crippen LogP contribution in [0.4, 0.5) is 0 Å². The van der Waals surface area contributed by atoms with Crippen LogP contribution in [-0.2, 0) is 11.3 Å². The van der Waals surface area contributed by atoms with Gasteiger partial charge in [-0.3, -0.25) is 9.78 Å². The van der Waals surface area contributed by atoms with E-state index >= 15 is 0 Å². The zero-order valence-electron chi connectivity index (χ0n) is 17.3. The minimum absolute atomic E-state index is 0.0316. The minimum atomic E-state index is -0.0316. The van der Waals surface area contributed by atoms with Crippen molar-refractivity contribution in [3.8, 4) is 22.6 Å². The number of fused-ring (bicyclic) bond motifs is 1. The summed E-state index contributed by atoms with van der Waals surface area (Å²) >= 11 is 0. The van der Waals surface area contributed by atoms with Crippen molar-refractivity contribution in [2.75, 3.05) is 21.3 Å². The van der Waals surface area contributed by atoms with E-state index in [1.165, 1.54) is 0 Å². The number of hydrogen-bond donors (Lipinski definition) is 0. The third-order valence-electron chi connectivity index (χ3n) is 4.87. The molecule has 3 aromatic rings. The van der Waals surface area contributed by atoms with Crippen LogP contribution in [0.5, 0.6) is 11.5 Å². The largest absolute Gasteiger partial charge is 0.504 e. The van der Waals surface area contributed by atoms with Gasteiger partial charge in [0.05, 0.1) is 33.0 Å². The number of pyridine rings is 2. The smallest absolute Gasteiger partial charge is 0.260 e. The average Bonchev–Trinajstić information content (AvgIpc) is 2.76. The van der Waals surface area contributed by atoms with E-state index < -0.39 is 0 Å². The Morgan fingerprint density at radius 3 is 2.55 bits per heavy atom. The van der Waals surface area contributed by atoms with Gasteiger partial charge in [0, 0.05) is 41.8 Å². The topological polar surface area (TPSA) is 62.6 Å². The van der Waals surface area contributed by atoms with Crippen molar-refractivity contribution in [1.29, 1.82) is 0 Å². The Morgan fingerprint density at radius 2 is 1.86 bits per heavy atom. The molecule has 3 rings (SSSR count). The van der Waals surface area contributed by atoms with E-state index in [-0.39, 0.29) is 5.56 Å². The van der Waals surface area contributed by atoms with Crippen LogP contribution < -0.4 is 15.0 Å². The van der Waals surface area contributed by atoms with Gasteiger partial charge in [-0.05, 0) is 36.1 Å². The molecule has 0 aliphatic rings. The molecular formula is C23H26N2O4. The molecule has 0 radical (unpaired) electrons. The van der Waals surface area contributed by atoms with Gasteiger partial charge in [-0.25, -0.2) is 0 Å². The molecule has 1 aromatic carbocycles. The van der Waals surface area contributed by atoms with E-state index in [1.54, 1.807) is 44.6 Å². The standard InChI is InChI=1S/C23H26N2O4/c1-5-6-10-25-15-20(17-7-9-24-14-19(17)23(25)26)18-13-21(28-3)16(8-11-27-2)12-22(18)29-4/h7-9,11-15H,5-6,10H2,1-4H3/b11-8+. The van der Waals surface area contributed by atoms with Crippen LogP contribution in [0, 0.1) is 0 Å². The van der Waals surface area contributed by atoms with Crippen LogP contribution >= 0.6 is 0 Å². The predicted octanol–water partition coefficient (Wildman–Crippen LogP) is 4.50. The van der Waals surface area contributed by atoms with E-state index in [0.717, 1.165) is 34.9 Å². The van der Waals surface area contributed by atoms with Crippen molar-refractivity contribution in [2.24, 2.45) is 0 Å². The summed E-state index contributed by atoms with van der Waals surface area (Å²) in [5, 5.41) is 1.42. The van der Waals surface area contributed by atoms with Crippen LogP contribution in [0.1, 0.15) is 25.3 Å². The Kier molecular flexibility index (Phi) is 6.54. The monoisotopic (exact) mass is 394 g/mol. The van der Waals surface area contributed by atoms with Gasteiger partial charge in [0.25, 0.3) is 5.56 Å². The Hall–Kier alpha value is -3.28. The van der Waals surface area contributed by atoms with Gasteiger partial charge in [-0.2, -0.15) is 0 Å². The molecule has 6 nitrogen and oxygen atoms in total. The van der Waals surface area contributed by atoms with Crippen LogP contribution in [0.25, 0.3) is 28.0 Å². The molecule has 0 fully saturated rings. The third-order valence-corrected chi connectivity index (χ3v) is 4.87. The van der Waals surface area contributed by atoms with Gasteiger partial charge in [0.15, 0.2) is 0 Å². The summed E-state index contributed by atoms with van der Waals surface area (Å²) < 4.78 is 18.1. The molecule has 0 bridgehead atoms. The fourth-order valence-corrected chi connectivity index (χ4v) is 3.35. The highest BCUT2D eigenvalue weighted by Gasteiger charge is 2.17. The molecule has 152 valence electrons. The van der Waals surface area contributed by atoms with Gasteiger partial charge < -0.3 is 18.8 Å². The minimum Gasteiger partial charge on any atom is -0.504 e. The summed E-state index contributed by atoms with van der Waals surface area (Å²) in [6, 6.07) is 5.69. The molecule has 0 aliphatic carbocycles. The quantitative estimate of drug-likeness (QED) is 0.527. The molecule has 0 N–H and O–H groups in total. The van der Waals surface area contributed by atoms with Crippen molar-refractivity contribution in [1.82, 2.24) is 9.55 Å². The van der Waals surface area contributed by atoms with Crippen molar-refractivity contribution in [3.63, 3.8) is 0 Å². The summed E-state index contributed by atoms with van der Waals surface area (Å²) in [4.78, 5) is 17.1. The highest BCUT2D eigenvalue weighted by Crippen LogP contribution is 2.39. The molecule has 0 saturated carbocycles. The second-order valence-corrected chi connectivity index (χ2v) is 6.65. The molecule has 29 heavy (non-hydrogen) atoms. The number of benzene rings is 1. The fraction of sp³-hybridized carbons (Fsp3) is 0.304. The number of rotatable bonds is 8. The molecule has 0 aliphatic heterocycles. The van der Waals surface area contributed by atoms with Gasteiger partial charge in [-0.15, -0.1) is 0 Å². The third kappa shape index (κ3) is 4.11. The van der Waals surface area contributed by atoms with E-state index in [0.29, 0.717) is 23.4 Å². The van der Waals surface area contributed by atoms with E-state index in [4.69, 9.17) is 14.2 Å². The predicted molar refractivity (Wildman–Crippen MR) is 115 cm³/mol. The maximum Gasteiger partial charge on any atom is 0.260 e. The Bertz CT molecular complexity index is 1090. The number of methoxy groups -OCH3 is 3. The van der Waals surface area contributed by atoms with Crippen LogP contribution in [-0.4, -0.2) is 30.9 Å². The lowest BCUT2D eigenvalue weighted by Gasteiger charge is -2.17. The second kappa shape index (κ2) is 9.28. The number of ether oxygens (including phenoxy) is 3. The van der Waals surface area contributed by atoms with Crippen LogP contribution in [0.2, 0.25) is 0 Å². The first-order valence-electron chi connectivity index (χ1n) is 9.57. The maximum absolute atomic E-state index is 12.9. The van der Waals surface area contributed by atoms with E-state index in [1.807, 2.05) is 30.5 Å². The lowest BCUT2D eigenvalue weighted by molar-refractivity contribution is 0.341. The molecule has 6 heteroatoms. The van der Waals surface area contributed by atoms with Crippen molar-refractivity contribution in [3.05, 3.63) is 59.0 Å². The molecule has 2 heterocycles. The van der Waals surface area contributed by atoms with E-state index in [9.17, 15) is 4.79 Å². The van der Waals surface area contributed by atoms with Gasteiger partial charge >= 0.3 is 0 Å². The SMILES string of the molecule is CCCCn1cc(-c2cc(OC)c(/C=C/OC)cc2OC)c2ccncc2c1=O. The summed E-state index contributed by atoms with van der Waals surface area (Å²) in [5.41, 5.74) is 2.55. The lowest BCUT2D eigenvalue weighted by atomic mass is 9.98. The first-order chi connectivity index (χ1) is 14.1. The number of nitrogens with zero attached hydrogens (tertiary/aromatic N) is 2. The molecular weight excluding hydrogens is 368 g/mol. The molecule has 0 saturated heterocycles. The molecule has 0 unspecified atom stereocenters. The molecule has 0 atom stereocenters. The van der Waals surface area contributed by atoms with Crippen molar-refractivity contribution in [2.45, 2.75) is 26.3 Å². The number of hydrogen-bond acceptors (Lipinski definition) is 5. The summed E-state index contributed by atoms with van der Waals surface area (Å²) in [7, 11) is 4.85. The molecule has 0 amide bonds. The summed E-state index contributed by atoms with van der Waals surface area (Å²) in [5.74, 6) is 1.36. The number of aryl methyl sites for hydroxylation is 1. The zero-order valence-corrected chi connectivity index (χ0v) is 17.3.